The maximum atomic E-state index is 13.3. The normalized spacial score (nSPS) is 13.7. The number of pyridine rings is 1. The van der Waals surface area contributed by atoms with Crippen molar-refractivity contribution < 1.29 is 9.53 Å². The van der Waals surface area contributed by atoms with Gasteiger partial charge >= 0.3 is 0 Å². The zero-order chi connectivity index (χ0) is 24.2. The fourth-order valence-electron chi connectivity index (χ4n) is 4.60. The Bertz CT molecular complexity index is 1330. The Morgan fingerprint density at radius 3 is 2.40 bits per heavy atom. The molecular weight excluding hydrogens is 436 g/mol. The van der Waals surface area contributed by atoms with Gasteiger partial charge in [0.15, 0.2) is 0 Å². The van der Waals surface area contributed by atoms with Crippen LogP contribution in [-0.2, 0) is 6.54 Å². The second-order valence-electron chi connectivity index (χ2n) is 8.89. The summed E-state index contributed by atoms with van der Waals surface area (Å²) in [6.45, 7) is 5.99. The van der Waals surface area contributed by atoms with Gasteiger partial charge in [0.05, 0.1) is 18.2 Å². The highest BCUT2D eigenvalue weighted by Crippen LogP contribution is 2.26. The van der Waals surface area contributed by atoms with Gasteiger partial charge in [-0.25, -0.2) is 4.98 Å². The molecule has 0 atom stereocenters. The molecule has 0 spiro atoms. The number of anilines is 2. The lowest BCUT2D eigenvalue weighted by molar-refractivity contribution is 0.0952. The molecule has 1 saturated heterocycles. The van der Waals surface area contributed by atoms with E-state index in [-0.39, 0.29) is 5.91 Å². The van der Waals surface area contributed by atoms with Crippen molar-refractivity contribution in [2.24, 2.45) is 0 Å². The summed E-state index contributed by atoms with van der Waals surface area (Å²) in [5.74, 6) is 1.63. The van der Waals surface area contributed by atoms with E-state index in [0.717, 1.165) is 54.2 Å². The van der Waals surface area contributed by atoms with E-state index >= 15 is 0 Å². The number of amides is 1. The number of carbonyl (C=O) groups is 1. The van der Waals surface area contributed by atoms with Gasteiger partial charge in [-0.15, -0.1) is 0 Å². The van der Waals surface area contributed by atoms with E-state index in [4.69, 9.17) is 9.72 Å². The van der Waals surface area contributed by atoms with Gasteiger partial charge < -0.3 is 19.9 Å². The number of carbonyl (C=O) groups excluding carboxylic acids is 1. The molecule has 2 heterocycles. The van der Waals surface area contributed by atoms with E-state index in [1.807, 2.05) is 54.6 Å². The second kappa shape index (κ2) is 10.1. The first kappa shape index (κ1) is 22.7. The molecule has 178 valence electrons. The molecule has 6 nitrogen and oxygen atoms in total. The van der Waals surface area contributed by atoms with Gasteiger partial charge in [-0.2, -0.15) is 0 Å². The molecule has 1 N–H and O–H groups in total. The van der Waals surface area contributed by atoms with Crippen LogP contribution < -0.4 is 19.9 Å². The molecule has 6 heteroatoms. The zero-order valence-corrected chi connectivity index (χ0v) is 20.2. The van der Waals surface area contributed by atoms with Crippen LogP contribution in [0.1, 0.15) is 21.5 Å². The Balaban J connectivity index is 1.34. The van der Waals surface area contributed by atoms with Crippen LogP contribution in [0.25, 0.3) is 10.9 Å². The average molecular weight is 467 g/mol. The van der Waals surface area contributed by atoms with E-state index in [1.54, 1.807) is 7.11 Å². The number of aromatic nitrogens is 1. The number of hydrogen-bond acceptors (Lipinski definition) is 5. The third-order valence-electron chi connectivity index (χ3n) is 6.52. The molecule has 0 aliphatic carbocycles. The lowest BCUT2D eigenvalue weighted by Gasteiger charge is -2.37. The molecule has 0 radical (unpaired) electrons. The minimum atomic E-state index is -0.0803. The first-order valence-electron chi connectivity index (χ1n) is 12.0. The maximum absolute atomic E-state index is 13.3. The van der Waals surface area contributed by atoms with Crippen molar-refractivity contribution in [2.45, 2.75) is 13.5 Å². The number of para-hydroxylation sites is 1. The van der Waals surface area contributed by atoms with Crippen molar-refractivity contribution in [3.8, 4) is 5.75 Å². The Hall–Kier alpha value is -4.06. The molecule has 3 aromatic carbocycles. The Morgan fingerprint density at radius 1 is 0.914 bits per heavy atom. The van der Waals surface area contributed by atoms with Gasteiger partial charge in [-0.05, 0) is 48.9 Å². The number of piperazine rings is 1. The Kier molecular flexibility index (Phi) is 6.53. The number of benzene rings is 3. The standard InChI is InChI=1S/C29H30N4O2/c1-21-6-5-7-22(18-21)20-30-29(34)26-19-28(31-27-9-4-3-8-25(26)27)33-16-14-32(15-17-33)23-10-12-24(35-2)13-11-23/h3-13,18-19H,14-17,20H2,1-2H3,(H,30,34). The summed E-state index contributed by atoms with van der Waals surface area (Å²) in [5.41, 5.74) is 4.96. The summed E-state index contributed by atoms with van der Waals surface area (Å²) < 4.78 is 5.28. The van der Waals surface area contributed by atoms with E-state index in [2.05, 4.69) is 46.3 Å². The van der Waals surface area contributed by atoms with Gasteiger partial charge in [0, 0.05) is 43.8 Å². The van der Waals surface area contributed by atoms with E-state index in [0.29, 0.717) is 12.1 Å². The molecule has 1 aliphatic rings. The second-order valence-corrected chi connectivity index (χ2v) is 8.89. The summed E-state index contributed by atoms with van der Waals surface area (Å²) >= 11 is 0. The SMILES string of the molecule is COc1ccc(N2CCN(c3cc(C(=O)NCc4cccc(C)c4)c4ccccc4n3)CC2)cc1. The molecule has 0 bridgehead atoms. The summed E-state index contributed by atoms with van der Waals surface area (Å²) in [6, 6.07) is 26.2. The predicted molar refractivity (Wildman–Crippen MR) is 142 cm³/mol. The monoisotopic (exact) mass is 466 g/mol. The summed E-state index contributed by atoms with van der Waals surface area (Å²) in [4.78, 5) is 22.8. The first-order chi connectivity index (χ1) is 17.1. The van der Waals surface area contributed by atoms with Crippen LogP contribution in [0.4, 0.5) is 11.5 Å². The Labute approximate surface area is 206 Å². The third kappa shape index (κ3) is 5.06. The van der Waals surface area contributed by atoms with E-state index in [9.17, 15) is 4.79 Å². The predicted octanol–water partition coefficient (Wildman–Crippen LogP) is 4.81. The van der Waals surface area contributed by atoms with Crippen molar-refractivity contribution >= 4 is 28.3 Å². The van der Waals surface area contributed by atoms with Crippen molar-refractivity contribution in [3.63, 3.8) is 0 Å². The van der Waals surface area contributed by atoms with Crippen molar-refractivity contribution in [1.82, 2.24) is 10.3 Å². The van der Waals surface area contributed by atoms with Crippen LogP contribution in [0, 0.1) is 6.92 Å². The van der Waals surface area contributed by atoms with Crippen LogP contribution in [0.2, 0.25) is 0 Å². The van der Waals surface area contributed by atoms with Crippen LogP contribution in [0.5, 0.6) is 5.75 Å². The van der Waals surface area contributed by atoms with Gasteiger partial charge in [0.25, 0.3) is 5.91 Å². The highest BCUT2D eigenvalue weighted by atomic mass is 16.5. The molecule has 35 heavy (non-hydrogen) atoms. The lowest BCUT2D eigenvalue weighted by atomic mass is 10.1. The quantitative estimate of drug-likeness (QED) is 0.442. The van der Waals surface area contributed by atoms with Gasteiger partial charge in [0.1, 0.15) is 11.6 Å². The van der Waals surface area contributed by atoms with Crippen LogP contribution >= 0.6 is 0 Å². The molecule has 0 saturated carbocycles. The number of fused-ring (bicyclic) bond motifs is 1. The topological polar surface area (TPSA) is 57.7 Å². The molecule has 1 amide bonds. The largest absolute Gasteiger partial charge is 0.497 e. The van der Waals surface area contributed by atoms with Crippen molar-refractivity contribution in [2.75, 3.05) is 43.1 Å². The molecule has 1 aliphatic heterocycles. The van der Waals surface area contributed by atoms with Crippen molar-refractivity contribution in [3.05, 3.63) is 95.6 Å². The van der Waals surface area contributed by atoms with Gasteiger partial charge in [0.2, 0.25) is 0 Å². The van der Waals surface area contributed by atoms with Crippen LogP contribution in [-0.4, -0.2) is 44.2 Å². The molecule has 0 unspecified atom stereocenters. The smallest absolute Gasteiger partial charge is 0.252 e. The molecule has 1 fully saturated rings. The fraction of sp³-hybridized carbons (Fsp3) is 0.241. The number of ether oxygens (including phenoxy) is 1. The minimum absolute atomic E-state index is 0.0803. The zero-order valence-electron chi connectivity index (χ0n) is 20.2. The molecular formula is C29H30N4O2. The number of nitrogens with one attached hydrogen (secondary N) is 1. The average Bonchev–Trinajstić information content (AvgIpc) is 2.91. The number of methoxy groups -OCH3 is 1. The lowest BCUT2D eigenvalue weighted by Crippen LogP contribution is -2.46. The maximum Gasteiger partial charge on any atom is 0.252 e. The first-order valence-corrected chi connectivity index (χ1v) is 12.0. The van der Waals surface area contributed by atoms with E-state index in [1.165, 1.54) is 11.3 Å². The fourth-order valence-corrected chi connectivity index (χ4v) is 4.60. The highest BCUT2D eigenvalue weighted by molar-refractivity contribution is 6.07. The molecule has 5 rings (SSSR count). The van der Waals surface area contributed by atoms with Crippen molar-refractivity contribution in [1.29, 1.82) is 0 Å². The molecule has 1 aromatic heterocycles. The van der Waals surface area contributed by atoms with Gasteiger partial charge in [-0.3, -0.25) is 4.79 Å². The summed E-state index contributed by atoms with van der Waals surface area (Å²) in [5, 5.41) is 3.97. The summed E-state index contributed by atoms with van der Waals surface area (Å²) in [7, 11) is 1.68. The molecule has 4 aromatic rings. The van der Waals surface area contributed by atoms with Crippen LogP contribution in [0.3, 0.4) is 0 Å². The number of rotatable bonds is 6. The van der Waals surface area contributed by atoms with Gasteiger partial charge in [-0.1, -0.05) is 48.0 Å². The number of hydrogen-bond donors (Lipinski definition) is 1. The number of aryl methyl sites for hydroxylation is 1. The third-order valence-corrected chi connectivity index (χ3v) is 6.52. The minimum Gasteiger partial charge on any atom is -0.497 e. The summed E-state index contributed by atoms with van der Waals surface area (Å²) in [6.07, 6.45) is 0. The Morgan fingerprint density at radius 2 is 1.66 bits per heavy atom. The van der Waals surface area contributed by atoms with Crippen LogP contribution in [0.15, 0.2) is 78.9 Å². The van der Waals surface area contributed by atoms with E-state index < -0.39 is 0 Å². The highest BCUT2D eigenvalue weighted by Gasteiger charge is 2.21. The number of nitrogens with zero attached hydrogens (tertiary/aromatic N) is 3.